The molecule has 9 heteroatoms. The van der Waals surface area contributed by atoms with E-state index in [1.165, 1.54) is 5.56 Å². The second-order valence-electron chi connectivity index (χ2n) is 9.78. The molecule has 2 radical (unpaired) electrons. The van der Waals surface area contributed by atoms with E-state index < -0.39 is 7.95 Å². The minimum Gasteiger partial charge on any atom is -0.337 e. The van der Waals surface area contributed by atoms with Gasteiger partial charge in [-0.1, -0.05) is 18.2 Å². The highest BCUT2D eigenvalue weighted by Gasteiger charge is 2.19. The van der Waals surface area contributed by atoms with Gasteiger partial charge < -0.3 is 9.88 Å². The molecule has 0 saturated carbocycles. The van der Waals surface area contributed by atoms with E-state index in [1.54, 1.807) is 12.4 Å². The number of pyridine rings is 2. The molecule has 186 valence electrons. The summed E-state index contributed by atoms with van der Waals surface area (Å²) in [5.74, 6) is 0.740. The summed E-state index contributed by atoms with van der Waals surface area (Å²) >= 11 is 0. The summed E-state index contributed by atoms with van der Waals surface area (Å²) in [6, 6.07) is 16.7. The smallest absolute Gasteiger partial charge is 0.159 e. The number of H-pyrrole nitrogens is 1. The van der Waals surface area contributed by atoms with Gasteiger partial charge in [0.1, 0.15) is 13.3 Å². The average Bonchev–Trinajstić information content (AvgIpc) is 3.51. The molecular weight excluding hydrogens is 488 g/mol. The van der Waals surface area contributed by atoms with Gasteiger partial charge in [0.2, 0.25) is 0 Å². The lowest BCUT2D eigenvalue weighted by molar-refractivity contribution is 0.404. The third-order valence-corrected chi connectivity index (χ3v) is 7.69. The van der Waals surface area contributed by atoms with E-state index in [1.807, 2.05) is 35.6 Å². The molecule has 4 heterocycles. The predicted octanol–water partition coefficient (Wildman–Crippen LogP) is 6.03. The summed E-state index contributed by atoms with van der Waals surface area (Å²) in [4.78, 5) is 19.4. The van der Waals surface area contributed by atoms with E-state index in [-0.39, 0.29) is 0 Å². The van der Waals surface area contributed by atoms with Gasteiger partial charge in [-0.25, -0.2) is 4.98 Å². The van der Waals surface area contributed by atoms with Crippen LogP contribution >= 0.6 is 7.95 Å². The number of benzene rings is 2. The minimum atomic E-state index is -0.973. The molecule has 7 nitrogen and oxygen atoms in total. The standard InChI is InChI=1S/C29H27BN7P/c1-18-23(19-10-12-31-13-11-19)15-32-16-24(18)20-8-9-26-22(14-20)28(35-37(26)38(4)30)29-33-25-7-5-6-21(17-36(2)3)27(25)34-29/h5-16H,17H2,1-4H3,(H,33,34). The summed E-state index contributed by atoms with van der Waals surface area (Å²) in [5, 5.41) is 5.96. The van der Waals surface area contributed by atoms with Crippen LogP contribution in [0, 0.1) is 6.92 Å². The van der Waals surface area contributed by atoms with Crippen LogP contribution in [0.5, 0.6) is 0 Å². The highest BCUT2D eigenvalue weighted by Crippen LogP contribution is 2.39. The van der Waals surface area contributed by atoms with E-state index in [9.17, 15) is 0 Å². The molecule has 0 saturated heterocycles. The first-order valence-electron chi connectivity index (χ1n) is 12.4. The van der Waals surface area contributed by atoms with Gasteiger partial charge in [0, 0.05) is 47.8 Å². The molecule has 0 bridgehead atoms. The number of aromatic amines is 1. The number of hydrogen-bond donors (Lipinski definition) is 1. The number of fused-ring (bicyclic) bond motifs is 2. The summed E-state index contributed by atoms with van der Waals surface area (Å²) < 4.78 is 1.93. The van der Waals surface area contributed by atoms with E-state index in [0.29, 0.717) is 0 Å². The fraction of sp³-hybridized carbons (Fsp3) is 0.172. The van der Waals surface area contributed by atoms with Gasteiger partial charge in [0.15, 0.2) is 5.82 Å². The van der Waals surface area contributed by atoms with Crippen molar-refractivity contribution >= 4 is 37.5 Å². The maximum Gasteiger partial charge on any atom is 0.159 e. The fourth-order valence-electron chi connectivity index (χ4n) is 5.00. The third kappa shape index (κ3) is 4.30. The van der Waals surface area contributed by atoms with Crippen molar-refractivity contribution in [1.29, 1.82) is 0 Å². The minimum absolute atomic E-state index is 0.740. The number of rotatable bonds is 6. The Labute approximate surface area is 224 Å². The van der Waals surface area contributed by atoms with Gasteiger partial charge in [-0.15, -0.1) is 0 Å². The molecule has 1 unspecified atom stereocenters. The predicted molar refractivity (Wildman–Crippen MR) is 157 cm³/mol. The molecule has 38 heavy (non-hydrogen) atoms. The third-order valence-electron chi connectivity index (χ3n) is 6.79. The van der Waals surface area contributed by atoms with Crippen LogP contribution in [0.3, 0.4) is 0 Å². The highest BCUT2D eigenvalue weighted by molar-refractivity contribution is 7.80. The second kappa shape index (κ2) is 9.78. The molecular formula is C29H27BN7P. The number of para-hydroxylation sites is 1. The van der Waals surface area contributed by atoms with Crippen LogP contribution in [-0.4, -0.2) is 62.7 Å². The van der Waals surface area contributed by atoms with Gasteiger partial charge in [-0.05, 0) is 88.2 Å². The van der Waals surface area contributed by atoms with Crippen molar-refractivity contribution in [3.05, 3.63) is 84.4 Å². The average molecular weight is 515 g/mol. The van der Waals surface area contributed by atoms with Crippen molar-refractivity contribution < 1.29 is 0 Å². The fourth-order valence-corrected chi connectivity index (χ4v) is 5.74. The number of imidazole rings is 1. The summed E-state index contributed by atoms with van der Waals surface area (Å²) in [7, 11) is 9.55. The van der Waals surface area contributed by atoms with Crippen LogP contribution in [0.25, 0.3) is 55.7 Å². The number of aromatic nitrogens is 6. The monoisotopic (exact) mass is 515 g/mol. The normalized spacial score (nSPS) is 12.6. The van der Waals surface area contributed by atoms with Crippen molar-refractivity contribution in [3.8, 4) is 33.8 Å². The molecule has 0 amide bonds. The van der Waals surface area contributed by atoms with Gasteiger partial charge in [-0.3, -0.25) is 14.4 Å². The molecule has 0 spiro atoms. The lowest BCUT2D eigenvalue weighted by atomic mass is 9.95. The summed E-state index contributed by atoms with van der Waals surface area (Å²) in [5.41, 5.74) is 10.4. The zero-order chi connectivity index (χ0) is 26.4. The summed E-state index contributed by atoms with van der Waals surface area (Å²) in [6.07, 6.45) is 7.45. The van der Waals surface area contributed by atoms with E-state index in [4.69, 9.17) is 17.6 Å². The molecule has 1 atom stereocenters. The first-order valence-corrected chi connectivity index (χ1v) is 14.2. The quantitative estimate of drug-likeness (QED) is 0.217. The maximum atomic E-state index is 6.40. The lowest BCUT2D eigenvalue weighted by Gasteiger charge is -2.12. The Morgan fingerprint density at radius 1 is 0.974 bits per heavy atom. The Kier molecular flexibility index (Phi) is 6.30. The van der Waals surface area contributed by atoms with Crippen LogP contribution in [0.2, 0.25) is 0 Å². The van der Waals surface area contributed by atoms with Crippen LogP contribution < -0.4 is 0 Å². The molecule has 2 aromatic carbocycles. The largest absolute Gasteiger partial charge is 0.337 e. The van der Waals surface area contributed by atoms with Gasteiger partial charge in [0.05, 0.1) is 16.6 Å². The zero-order valence-corrected chi connectivity index (χ0v) is 22.7. The molecule has 6 aromatic rings. The molecule has 0 aliphatic rings. The Bertz CT molecular complexity index is 1770. The summed E-state index contributed by atoms with van der Waals surface area (Å²) in [6.45, 7) is 4.95. The number of hydrogen-bond acceptors (Lipinski definition) is 5. The first kappa shape index (κ1) is 24.5. The Hall–Kier alpha value is -3.87. The Balaban J connectivity index is 1.53. The molecule has 0 aliphatic heterocycles. The molecule has 0 fully saturated rings. The molecule has 1 N–H and O–H groups in total. The Morgan fingerprint density at radius 2 is 1.74 bits per heavy atom. The van der Waals surface area contributed by atoms with Crippen molar-refractivity contribution in [2.24, 2.45) is 0 Å². The van der Waals surface area contributed by atoms with Gasteiger partial charge in [0.25, 0.3) is 0 Å². The van der Waals surface area contributed by atoms with Crippen molar-refractivity contribution in [2.45, 2.75) is 13.5 Å². The molecule has 0 aliphatic carbocycles. The number of nitrogens with one attached hydrogen (secondary N) is 1. The zero-order valence-electron chi connectivity index (χ0n) is 21.8. The second-order valence-corrected chi connectivity index (χ2v) is 11.3. The first-order chi connectivity index (χ1) is 18.4. The van der Waals surface area contributed by atoms with Crippen molar-refractivity contribution in [2.75, 3.05) is 20.8 Å². The molecule has 4 aromatic heterocycles. The SMILES string of the molecule is [B]P(C)n1nc(-c2nc3c(CN(C)C)cccc3[nH]2)c2cc(-c3cncc(-c4ccncc4)c3C)ccc21. The highest BCUT2D eigenvalue weighted by atomic mass is 31.1. The van der Waals surface area contributed by atoms with Gasteiger partial charge in [-0.2, -0.15) is 5.10 Å². The number of nitrogens with zero attached hydrogens (tertiary/aromatic N) is 6. The maximum absolute atomic E-state index is 6.40. The van der Waals surface area contributed by atoms with E-state index >= 15 is 0 Å². The van der Waals surface area contributed by atoms with Crippen molar-refractivity contribution in [1.82, 2.24) is 34.4 Å². The van der Waals surface area contributed by atoms with Crippen LogP contribution in [0.15, 0.2) is 73.3 Å². The van der Waals surface area contributed by atoms with Crippen LogP contribution in [0.1, 0.15) is 11.1 Å². The van der Waals surface area contributed by atoms with Crippen LogP contribution in [-0.2, 0) is 6.54 Å². The van der Waals surface area contributed by atoms with Gasteiger partial charge >= 0.3 is 0 Å². The molecule has 6 rings (SSSR count). The lowest BCUT2D eigenvalue weighted by Crippen LogP contribution is -2.10. The topological polar surface area (TPSA) is 75.5 Å². The van der Waals surface area contributed by atoms with Crippen LogP contribution in [0.4, 0.5) is 0 Å². The van der Waals surface area contributed by atoms with E-state index in [0.717, 1.165) is 67.8 Å². The van der Waals surface area contributed by atoms with Crippen molar-refractivity contribution in [3.63, 3.8) is 0 Å². The van der Waals surface area contributed by atoms with E-state index in [2.05, 4.69) is 77.3 Å². The Morgan fingerprint density at radius 3 is 2.47 bits per heavy atom.